The summed E-state index contributed by atoms with van der Waals surface area (Å²) in [5.41, 5.74) is 0.209. The molecule has 2 aliphatic rings. The van der Waals surface area contributed by atoms with Crippen LogP contribution in [0.25, 0.3) is 0 Å². The third-order valence-corrected chi connectivity index (χ3v) is 5.40. The van der Waals surface area contributed by atoms with Crippen molar-refractivity contribution >= 4 is 5.91 Å². The van der Waals surface area contributed by atoms with E-state index in [2.05, 4.69) is 44.8 Å². The van der Waals surface area contributed by atoms with Crippen LogP contribution in [0.15, 0.2) is 0 Å². The molecule has 1 amide bonds. The summed E-state index contributed by atoms with van der Waals surface area (Å²) in [7, 11) is 0. The molecule has 1 aliphatic heterocycles. The van der Waals surface area contributed by atoms with Gasteiger partial charge in [0.1, 0.15) is 0 Å². The summed E-state index contributed by atoms with van der Waals surface area (Å²) in [6.45, 7) is 12.1. The summed E-state index contributed by atoms with van der Waals surface area (Å²) < 4.78 is 0. The van der Waals surface area contributed by atoms with Gasteiger partial charge in [-0.2, -0.15) is 0 Å². The van der Waals surface area contributed by atoms with Crippen molar-refractivity contribution in [2.45, 2.75) is 85.4 Å². The third-order valence-electron chi connectivity index (χ3n) is 5.40. The molecule has 1 heterocycles. The molecule has 2 unspecified atom stereocenters. The van der Waals surface area contributed by atoms with Gasteiger partial charge >= 0.3 is 0 Å². The van der Waals surface area contributed by atoms with Crippen molar-refractivity contribution in [1.29, 1.82) is 0 Å². The van der Waals surface area contributed by atoms with E-state index in [0.29, 0.717) is 17.7 Å². The fourth-order valence-electron chi connectivity index (χ4n) is 3.76. The minimum atomic E-state index is 0.0447. The lowest BCUT2D eigenvalue weighted by Crippen LogP contribution is -2.46. The number of nitrogens with zero attached hydrogens (tertiary/aromatic N) is 1. The number of hydrogen-bond acceptors (Lipinski definition) is 2. The van der Waals surface area contributed by atoms with Gasteiger partial charge in [0.2, 0.25) is 5.91 Å². The van der Waals surface area contributed by atoms with Gasteiger partial charge in [0.15, 0.2) is 0 Å². The van der Waals surface area contributed by atoms with Crippen LogP contribution >= 0.6 is 0 Å². The molecule has 1 saturated heterocycles. The second kappa shape index (κ2) is 6.68. The highest BCUT2D eigenvalue weighted by Gasteiger charge is 2.44. The van der Waals surface area contributed by atoms with Crippen LogP contribution in [0.1, 0.15) is 73.1 Å². The molecule has 1 saturated carbocycles. The summed E-state index contributed by atoms with van der Waals surface area (Å²) in [5, 5.41) is 3.69. The molecule has 1 aliphatic carbocycles. The van der Waals surface area contributed by atoms with Gasteiger partial charge in [-0.25, -0.2) is 0 Å². The first kappa shape index (κ1) is 16.8. The Morgan fingerprint density at radius 2 is 1.90 bits per heavy atom. The third kappa shape index (κ3) is 4.00. The summed E-state index contributed by atoms with van der Waals surface area (Å²) in [4.78, 5) is 15.1. The van der Waals surface area contributed by atoms with Gasteiger partial charge in [0.05, 0.1) is 12.2 Å². The van der Waals surface area contributed by atoms with E-state index in [4.69, 9.17) is 0 Å². The quantitative estimate of drug-likeness (QED) is 0.808. The summed E-state index contributed by atoms with van der Waals surface area (Å²) in [5.74, 6) is 1.58. The number of hydrogen-bond donors (Lipinski definition) is 1. The van der Waals surface area contributed by atoms with Crippen LogP contribution in [0.3, 0.4) is 0 Å². The number of carbonyl (C=O) groups is 1. The van der Waals surface area contributed by atoms with Crippen molar-refractivity contribution in [2.24, 2.45) is 17.3 Å². The summed E-state index contributed by atoms with van der Waals surface area (Å²) in [6, 6.07) is 0.0447. The van der Waals surface area contributed by atoms with Crippen molar-refractivity contribution in [3.05, 3.63) is 0 Å². The first-order chi connectivity index (χ1) is 9.84. The molecule has 1 N–H and O–H groups in total. The van der Waals surface area contributed by atoms with Crippen molar-refractivity contribution in [2.75, 3.05) is 6.54 Å². The average molecular weight is 294 g/mol. The topological polar surface area (TPSA) is 32.3 Å². The minimum absolute atomic E-state index is 0.0447. The molecule has 0 radical (unpaired) electrons. The lowest BCUT2D eigenvalue weighted by atomic mass is 9.89. The van der Waals surface area contributed by atoms with E-state index in [-0.39, 0.29) is 17.6 Å². The zero-order chi connectivity index (χ0) is 15.6. The van der Waals surface area contributed by atoms with Crippen LogP contribution in [0.2, 0.25) is 0 Å². The molecule has 3 heteroatoms. The molecule has 2 atom stereocenters. The van der Waals surface area contributed by atoms with Gasteiger partial charge in [0, 0.05) is 6.54 Å². The van der Waals surface area contributed by atoms with Crippen LogP contribution in [0.4, 0.5) is 0 Å². The Labute approximate surface area is 130 Å². The first-order valence-electron chi connectivity index (χ1n) is 8.90. The Kier molecular flexibility index (Phi) is 5.34. The maximum absolute atomic E-state index is 12.9. The van der Waals surface area contributed by atoms with E-state index in [1.54, 1.807) is 0 Å². The summed E-state index contributed by atoms with van der Waals surface area (Å²) in [6.07, 6.45) is 7.58. The SMILES string of the molecule is CCC(C)(C)CN1C(=O)C(CC(C)C)NC1C1CCCC1. The molecule has 122 valence electrons. The zero-order valence-electron chi connectivity index (χ0n) is 14.6. The van der Waals surface area contributed by atoms with E-state index < -0.39 is 0 Å². The van der Waals surface area contributed by atoms with E-state index in [9.17, 15) is 4.79 Å². The predicted molar refractivity (Wildman–Crippen MR) is 87.9 cm³/mol. The Morgan fingerprint density at radius 1 is 1.29 bits per heavy atom. The Balaban J connectivity index is 2.13. The number of rotatable bonds is 6. The highest BCUT2D eigenvalue weighted by atomic mass is 16.2. The van der Waals surface area contributed by atoms with Crippen LogP contribution in [-0.4, -0.2) is 29.6 Å². The normalized spacial score (nSPS) is 28.1. The van der Waals surface area contributed by atoms with Crippen molar-refractivity contribution in [1.82, 2.24) is 10.2 Å². The highest BCUT2D eigenvalue weighted by Crippen LogP contribution is 2.35. The van der Waals surface area contributed by atoms with Gasteiger partial charge in [-0.15, -0.1) is 0 Å². The molecule has 2 rings (SSSR count). The van der Waals surface area contributed by atoms with Crippen LogP contribution in [0, 0.1) is 17.3 Å². The monoisotopic (exact) mass is 294 g/mol. The van der Waals surface area contributed by atoms with E-state index >= 15 is 0 Å². The molecule has 2 fully saturated rings. The zero-order valence-corrected chi connectivity index (χ0v) is 14.6. The average Bonchev–Trinajstić information content (AvgIpc) is 3.01. The highest BCUT2D eigenvalue weighted by molar-refractivity contribution is 5.84. The lowest BCUT2D eigenvalue weighted by molar-refractivity contribution is -0.132. The smallest absolute Gasteiger partial charge is 0.241 e. The molecule has 0 aromatic carbocycles. The molecular formula is C18H34N2O. The molecule has 3 nitrogen and oxygen atoms in total. The summed E-state index contributed by atoms with van der Waals surface area (Å²) >= 11 is 0. The van der Waals surface area contributed by atoms with Gasteiger partial charge in [-0.05, 0) is 42.9 Å². The molecule has 0 spiro atoms. The van der Waals surface area contributed by atoms with Crippen molar-refractivity contribution in [3.63, 3.8) is 0 Å². The van der Waals surface area contributed by atoms with Gasteiger partial charge in [-0.3, -0.25) is 10.1 Å². The van der Waals surface area contributed by atoms with Crippen molar-refractivity contribution < 1.29 is 4.79 Å². The minimum Gasteiger partial charge on any atom is -0.325 e. The second-order valence-electron chi connectivity index (χ2n) is 8.32. The van der Waals surface area contributed by atoms with E-state index in [1.807, 2.05) is 0 Å². The molecule has 21 heavy (non-hydrogen) atoms. The van der Waals surface area contributed by atoms with Crippen molar-refractivity contribution in [3.8, 4) is 0 Å². The number of carbonyl (C=O) groups excluding carboxylic acids is 1. The number of amides is 1. The fourth-order valence-corrected chi connectivity index (χ4v) is 3.76. The predicted octanol–water partition coefficient (Wildman–Crippen LogP) is 3.79. The lowest BCUT2D eigenvalue weighted by Gasteiger charge is -2.35. The van der Waals surface area contributed by atoms with Gasteiger partial charge in [0.25, 0.3) is 0 Å². The Bertz CT molecular complexity index is 358. The second-order valence-corrected chi connectivity index (χ2v) is 8.32. The molecule has 0 aromatic heterocycles. The van der Waals surface area contributed by atoms with Crippen LogP contribution in [-0.2, 0) is 4.79 Å². The molecular weight excluding hydrogens is 260 g/mol. The Hall–Kier alpha value is -0.570. The van der Waals surface area contributed by atoms with Crippen LogP contribution in [0.5, 0.6) is 0 Å². The maximum Gasteiger partial charge on any atom is 0.241 e. The fraction of sp³-hybridized carbons (Fsp3) is 0.944. The van der Waals surface area contributed by atoms with Gasteiger partial charge in [-0.1, -0.05) is 47.5 Å². The molecule has 0 aromatic rings. The molecule has 0 bridgehead atoms. The first-order valence-corrected chi connectivity index (χ1v) is 8.90. The number of nitrogens with one attached hydrogen (secondary N) is 1. The maximum atomic E-state index is 12.9. The largest absolute Gasteiger partial charge is 0.325 e. The Morgan fingerprint density at radius 3 is 2.43 bits per heavy atom. The van der Waals surface area contributed by atoms with E-state index in [0.717, 1.165) is 19.4 Å². The van der Waals surface area contributed by atoms with E-state index in [1.165, 1.54) is 25.7 Å². The van der Waals surface area contributed by atoms with Crippen LogP contribution < -0.4 is 5.32 Å². The van der Waals surface area contributed by atoms with Gasteiger partial charge < -0.3 is 4.90 Å². The standard InChI is InChI=1S/C18H34N2O/c1-6-18(4,5)12-20-16(14-9-7-8-10-14)19-15(17(20)21)11-13(2)3/h13-16,19H,6-12H2,1-5H3.